The fraction of sp³-hybridized carbons (Fsp3) is 0.250. The molecular formula is C16H13B6FN2OS. The van der Waals surface area contributed by atoms with Gasteiger partial charge in [0.05, 0.1) is 15.7 Å². The largest absolute Gasteiger partial charge is 0.508 e. The predicted molar refractivity (Wildman–Crippen MR) is 114 cm³/mol. The van der Waals surface area contributed by atoms with Gasteiger partial charge in [-0.2, -0.15) is 0 Å². The Hall–Kier alpha value is -1.33. The van der Waals surface area contributed by atoms with Crippen molar-refractivity contribution in [1.29, 1.82) is 0 Å². The van der Waals surface area contributed by atoms with E-state index in [0.29, 0.717) is 11.3 Å². The van der Waals surface area contributed by atoms with Crippen LogP contribution in [0.15, 0.2) is 52.3 Å². The van der Waals surface area contributed by atoms with E-state index in [0.717, 1.165) is 9.79 Å². The van der Waals surface area contributed by atoms with E-state index < -0.39 is 16.1 Å². The summed E-state index contributed by atoms with van der Waals surface area (Å²) in [6.07, 6.45) is 0. The SMILES string of the molecule is [B]C([B])(F)C([B])([B])C([B])([B])Oc1ccc(Sc2ccccc2N)c(CN)c1. The fourth-order valence-corrected chi connectivity index (χ4v) is 3.13. The van der Waals surface area contributed by atoms with Crippen molar-refractivity contribution in [2.75, 3.05) is 5.73 Å². The summed E-state index contributed by atoms with van der Waals surface area (Å²) < 4.78 is 19.3. The molecule has 2 rings (SSSR count). The Labute approximate surface area is 171 Å². The molecule has 12 radical (unpaired) electrons. The zero-order valence-corrected chi connectivity index (χ0v) is 15.4. The lowest BCUT2D eigenvalue weighted by molar-refractivity contribution is 0.171. The highest BCUT2D eigenvalue weighted by Gasteiger charge is 2.47. The number of para-hydroxylation sites is 1. The van der Waals surface area contributed by atoms with E-state index in [1.165, 1.54) is 11.8 Å². The Balaban J connectivity index is 2.29. The second kappa shape index (κ2) is 7.96. The molecule has 2 aromatic rings. The van der Waals surface area contributed by atoms with E-state index in [2.05, 4.69) is 0 Å². The van der Waals surface area contributed by atoms with Crippen molar-refractivity contribution in [3.05, 3.63) is 48.0 Å². The van der Waals surface area contributed by atoms with Gasteiger partial charge in [0.2, 0.25) is 0 Å². The third-order valence-corrected chi connectivity index (χ3v) is 5.17. The zero-order chi connectivity index (χ0) is 20.5. The summed E-state index contributed by atoms with van der Waals surface area (Å²) in [5.41, 5.74) is 10.0. The summed E-state index contributed by atoms with van der Waals surface area (Å²) in [5, 5.41) is -5.00. The molecule has 0 bridgehead atoms. The topological polar surface area (TPSA) is 61.3 Å². The first-order valence-electron chi connectivity index (χ1n) is 7.85. The lowest BCUT2D eigenvalue weighted by Gasteiger charge is -2.51. The average Bonchev–Trinajstić information content (AvgIpc) is 2.56. The van der Waals surface area contributed by atoms with Crippen molar-refractivity contribution in [1.82, 2.24) is 0 Å². The molecule has 0 aliphatic rings. The number of hydrogen-bond donors (Lipinski definition) is 2. The fourth-order valence-electron chi connectivity index (χ4n) is 2.15. The summed E-state index contributed by atoms with van der Waals surface area (Å²) in [4.78, 5) is 1.70. The third kappa shape index (κ3) is 4.75. The number of alkyl halides is 1. The number of ether oxygens (including phenoxy) is 1. The van der Waals surface area contributed by atoms with Crippen molar-refractivity contribution in [3.63, 3.8) is 0 Å². The van der Waals surface area contributed by atoms with Gasteiger partial charge in [0.1, 0.15) is 37.1 Å². The second-order valence-corrected chi connectivity index (χ2v) is 7.23. The van der Waals surface area contributed by atoms with Crippen molar-refractivity contribution >= 4 is 64.5 Å². The summed E-state index contributed by atoms with van der Waals surface area (Å²) in [6.45, 7) is 0.186. The molecule has 0 amide bonds. The Bertz CT molecular complexity index is 816. The maximum absolute atomic E-state index is 13.9. The molecule has 0 aromatic heterocycles. The van der Waals surface area contributed by atoms with E-state index in [1.54, 1.807) is 24.3 Å². The summed E-state index contributed by atoms with van der Waals surface area (Å²) in [5.74, 6) is 0.162. The van der Waals surface area contributed by atoms with E-state index >= 15 is 0 Å². The van der Waals surface area contributed by atoms with Crippen molar-refractivity contribution in [3.8, 4) is 5.75 Å². The van der Waals surface area contributed by atoms with Gasteiger partial charge in [0, 0.05) is 32.9 Å². The second-order valence-electron chi connectivity index (χ2n) is 6.15. The van der Waals surface area contributed by atoms with Crippen LogP contribution in [0.5, 0.6) is 5.75 Å². The van der Waals surface area contributed by atoms with Gasteiger partial charge in [-0.1, -0.05) is 29.1 Å². The molecule has 0 heterocycles. The first kappa shape index (κ1) is 22.0. The molecule has 0 aliphatic carbocycles. The maximum atomic E-state index is 13.9. The predicted octanol–water partition coefficient (Wildman–Crippen LogP) is 0.662. The number of halogens is 1. The molecule has 0 saturated carbocycles. The van der Waals surface area contributed by atoms with Gasteiger partial charge < -0.3 is 16.2 Å². The smallest absolute Gasteiger partial charge is 0.118 e. The van der Waals surface area contributed by atoms with Gasteiger partial charge >= 0.3 is 0 Å². The molecule has 0 saturated heterocycles. The van der Waals surface area contributed by atoms with E-state index in [1.807, 2.05) is 18.2 Å². The minimum absolute atomic E-state index is 0.162. The van der Waals surface area contributed by atoms with E-state index in [-0.39, 0.29) is 12.3 Å². The lowest BCUT2D eigenvalue weighted by atomic mass is 9.25. The van der Waals surface area contributed by atoms with Gasteiger partial charge in [-0.05, 0) is 35.9 Å². The highest BCUT2D eigenvalue weighted by Crippen LogP contribution is 2.42. The molecular weight excluding hydrogens is 352 g/mol. The third-order valence-electron chi connectivity index (χ3n) is 3.96. The summed E-state index contributed by atoms with van der Waals surface area (Å²) >= 11 is 1.43. The average molecular weight is 365 g/mol. The number of benzene rings is 2. The maximum Gasteiger partial charge on any atom is 0.118 e. The summed E-state index contributed by atoms with van der Waals surface area (Å²) in [6, 6.07) is 12.3. The van der Waals surface area contributed by atoms with Gasteiger partial charge in [0.25, 0.3) is 0 Å². The highest BCUT2D eigenvalue weighted by atomic mass is 32.2. The minimum Gasteiger partial charge on any atom is -0.508 e. The van der Waals surface area contributed by atoms with Gasteiger partial charge in [-0.25, -0.2) is 0 Å². The first-order chi connectivity index (χ1) is 12.4. The quantitative estimate of drug-likeness (QED) is 0.559. The molecule has 3 nitrogen and oxygen atoms in total. The molecule has 0 atom stereocenters. The molecule has 0 fully saturated rings. The molecule has 0 aliphatic heterocycles. The van der Waals surface area contributed by atoms with Crippen LogP contribution in [-0.4, -0.2) is 57.9 Å². The number of rotatable bonds is 7. The number of nitrogens with two attached hydrogens (primary N) is 2. The highest BCUT2D eigenvalue weighted by molar-refractivity contribution is 7.99. The summed E-state index contributed by atoms with van der Waals surface area (Å²) in [7, 11) is 32.9. The van der Waals surface area contributed by atoms with Gasteiger partial charge in [-0.3, -0.25) is 4.39 Å². The van der Waals surface area contributed by atoms with Gasteiger partial charge in [0.15, 0.2) is 0 Å². The van der Waals surface area contributed by atoms with Crippen molar-refractivity contribution in [2.24, 2.45) is 5.73 Å². The number of nitrogen functional groups attached to an aromatic ring is 1. The molecule has 11 heteroatoms. The van der Waals surface area contributed by atoms with E-state index in [4.69, 9.17) is 63.3 Å². The van der Waals surface area contributed by atoms with Crippen LogP contribution in [0, 0.1) is 0 Å². The van der Waals surface area contributed by atoms with Crippen LogP contribution < -0.4 is 16.2 Å². The zero-order valence-electron chi connectivity index (χ0n) is 14.6. The van der Waals surface area contributed by atoms with Crippen LogP contribution in [0.1, 0.15) is 5.56 Å². The number of anilines is 1. The normalized spacial score (nSPS) is 12.7. The monoisotopic (exact) mass is 366 g/mol. The molecule has 124 valence electrons. The molecule has 0 unspecified atom stereocenters. The van der Waals surface area contributed by atoms with Crippen molar-refractivity contribution < 1.29 is 9.13 Å². The Morgan fingerprint density at radius 1 is 0.963 bits per heavy atom. The molecule has 27 heavy (non-hydrogen) atoms. The van der Waals surface area contributed by atoms with Crippen LogP contribution in [-0.2, 0) is 6.54 Å². The molecule has 4 N–H and O–H groups in total. The lowest BCUT2D eigenvalue weighted by Crippen LogP contribution is -2.60. The van der Waals surface area contributed by atoms with Crippen LogP contribution in [0.3, 0.4) is 0 Å². The van der Waals surface area contributed by atoms with Crippen LogP contribution in [0.25, 0.3) is 0 Å². The van der Waals surface area contributed by atoms with E-state index in [9.17, 15) is 4.39 Å². The van der Waals surface area contributed by atoms with Crippen LogP contribution >= 0.6 is 11.8 Å². The standard InChI is InChI=1S/C16H13B6FN2OS/c17-14(18,15(19,20)23)16(21,22)26-10-5-6-12(9(7-10)8-24)27-13-4-2-1-3-11(13)25/h1-7H,8,24-25H2. The Morgan fingerprint density at radius 2 is 1.59 bits per heavy atom. The van der Waals surface area contributed by atoms with Crippen molar-refractivity contribution in [2.45, 2.75) is 32.4 Å². The minimum atomic E-state index is -3.09. The molecule has 2 aromatic carbocycles. The molecule has 0 spiro atoms. The van der Waals surface area contributed by atoms with Crippen LogP contribution in [0.2, 0.25) is 5.21 Å². The number of hydrogen-bond acceptors (Lipinski definition) is 4. The Morgan fingerprint density at radius 3 is 2.15 bits per heavy atom. The van der Waals surface area contributed by atoms with Gasteiger partial charge in [-0.15, -0.1) is 0 Å². The Kier molecular flexibility index (Phi) is 6.48. The first-order valence-corrected chi connectivity index (χ1v) is 8.67. The van der Waals surface area contributed by atoms with Crippen LogP contribution in [0.4, 0.5) is 10.1 Å².